The maximum Gasteiger partial charge on any atom is 0.191 e. The molecular formula is C29H46F2O. The van der Waals surface area contributed by atoms with E-state index in [1.807, 2.05) is 6.92 Å². The molecule has 0 aromatic heterocycles. The summed E-state index contributed by atoms with van der Waals surface area (Å²) in [6, 6.07) is 3.09. The van der Waals surface area contributed by atoms with Gasteiger partial charge in [0.2, 0.25) is 0 Å². The van der Waals surface area contributed by atoms with Crippen LogP contribution in [-0.4, -0.2) is 6.10 Å². The van der Waals surface area contributed by atoms with Crippen LogP contribution in [-0.2, 0) is 0 Å². The SMILES string of the molecule is CCCCCC[C@H](C)Oc1c(F)cc(C2CCC(C3CCC(CCC)CC3)CC2)cc1F. The third-order valence-electron chi connectivity index (χ3n) is 8.30. The van der Waals surface area contributed by atoms with Gasteiger partial charge in [0.05, 0.1) is 6.10 Å². The van der Waals surface area contributed by atoms with E-state index < -0.39 is 11.6 Å². The van der Waals surface area contributed by atoms with E-state index >= 15 is 0 Å². The van der Waals surface area contributed by atoms with Crippen LogP contribution in [0.15, 0.2) is 12.1 Å². The van der Waals surface area contributed by atoms with Gasteiger partial charge in [-0.2, -0.15) is 0 Å². The zero-order chi connectivity index (χ0) is 22.9. The minimum absolute atomic E-state index is 0.162. The van der Waals surface area contributed by atoms with Crippen LogP contribution in [0.3, 0.4) is 0 Å². The number of ether oxygens (including phenoxy) is 1. The van der Waals surface area contributed by atoms with Crippen LogP contribution in [0, 0.1) is 29.4 Å². The molecule has 2 fully saturated rings. The van der Waals surface area contributed by atoms with Crippen LogP contribution < -0.4 is 4.74 Å². The van der Waals surface area contributed by atoms with Crippen molar-refractivity contribution in [3.63, 3.8) is 0 Å². The van der Waals surface area contributed by atoms with Crippen LogP contribution in [0.5, 0.6) is 5.75 Å². The number of hydrogen-bond donors (Lipinski definition) is 0. The molecule has 0 heterocycles. The molecule has 0 spiro atoms. The van der Waals surface area contributed by atoms with Gasteiger partial charge in [-0.05, 0) is 99.7 Å². The van der Waals surface area contributed by atoms with Crippen molar-refractivity contribution in [1.82, 2.24) is 0 Å². The Labute approximate surface area is 195 Å². The Hall–Kier alpha value is -1.12. The Balaban J connectivity index is 1.49. The first-order valence-corrected chi connectivity index (χ1v) is 13.7. The lowest BCUT2D eigenvalue weighted by Crippen LogP contribution is -2.25. The molecule has 2 saturated carbocycles. The van der Waals surface area contributed by atoms with Gasteiger partial charge in [0.25, 0.3) is 0 Å². The predicted molar refractivity (Wildman–Crippen MR) is 130 cm³/mol. The van der Waals surface area contributed by atoms with Crippen molar-refractivity contribution in [1.29, 1.82) is 0 Å². The van der Waals surface area contributed by atoms with Gasteiger partial charge >= 0.3 is 0 Å². The second kappa shape index (κ2) is 12.9. The lowest BCUT2D eigenvalue weighted by atomic mass is 9.68. The van der Waals surface area contributed by atoms with Crippen molar-refractivity contribution in [3.05, 3.63) is 29.3 Å². The van der Waals surface area contributed by atoms with Gasteiger partial charge < -0.3 is 4.74 Å². The smallest absolute Gasteiger partial charge is 0.191 e. The molecule has 182 valence electrons. The molecule has 3 heteroatoms. The number of rotatable bonds is 11. The van der Waals surface area contributed by atoms with Gasteiger partial charge in [0, 0.05) is 0 Å². The Morgan fingerprint density at radius 3 is 1.97 bits per heavy atom. The molecule has 0 bridgehead atoms. The molecule has 0 N–H and O–H groups in total. The fourth-order valence-corrected chi connectivity index (χ4v) is 6.33. The summed E-state index contributed by atoms with van der Waals surface area (Å²) >= 11 is 0. The first kappa shape index (κ1) is 25.5. The van der Waals surface area contributed by atoms with Crippen LogP contribution in [0.25, 0.3) is 0 Å². The molecular weight excluding hydrogens is 402 g/mol. The first-order chi connectivity index (χ1) is 15.5. The summed E-state index contributed by atoms with van der Waals surface area (Å²) in [5, 5.41) is 0. The molecule has 0 amide bonds. The van der Waals surface area contributed by atoms with E-state index in [0.717, 1.165) is 55.4 Å². The second-order valence-electron chi connectivity index (χ2n) is 10.8. The Morgan fingerprint density at radius 2 is 1.41 bits per heavy atom. The highest BCUT2D eigenvalue weighted by atomic mass is 19.1. The molecule has 1 atom stereocenters. The van der Waals surface area contributed by atoms with Gasteiger partial charge in [-0.3, -0.25) is 0 Å². The molecule has 32 heavy (non-hydrogen) atoms. The highest BCUT2D eigenvalue weighted by Gasteiger charge is 2.31. The van der Waals surface area contributed by atoms with Crippen LogP contribution in [0.2, 0.25) is 0 Å². The van der Waals surface area contributed by atoms with Crippen molar-refractivity contribution in [2.75, 3.05) is 0 Å². The van der Waals surface area contributed by atoms with E-state index in [1.165, 1.54) is 64.2 Å². The Morgan fingerprint density at radius 1 is 0.812 bits per heavy atom. The summed E-state index contributed by atoms with van der Waals surface area (Å²) < 4.78 is 35.2. The van der Waals surface area contributed by atoms with Gasteiger partial charge in [0.15, 0.2) is 17.4 Å². The van der Waals surface area contributed by atoms with E-state index in [9.17, 15) is 8.78 Å². The molecule has 1 aromatic carbocycles. The summed E-state index contributed by atoms with van der Waals surface area (Å²) in [5.74, 6) is 1.69. The van der Waals surface area contributed by atoms with E-state index in [2.05, 4.69) is 13.8 Å². The molecule has 0 aliphatic heterocycles. The third kappa shape index (κ3) is 7.19. The van der Waals surface area contributed by atoms with E-state index in [-0.39, 0.29) is 17.8 Å². The average molecular weight is 449 g/mol. The molecule has 2 aliphatic carbocycles. The van der Waals surface area contributed by atoms with Gasteiger partial charge in [-0.1, -0.05) is 58.8 Å². The monoisotopic (exact) mass is 448 g/mol. The molecule has 2 aliphatic rings. The zero-order valence-electron chi connectivity index (χ0n) is 20.8. The van der Waals surface area contributed by atoms with Crippen molar-refractivity contribution in [3.8, 4) is 5.75 Å². The minimum atomic E-state index is -0.531. The predicted octanol–water partition coefficient (Wildman–Crippen LogP) is 9.58. The van der Waals surface area contributed by atoms with E-state index in [4.69, 9.17) is 4.74 Å². The minimum Gasteiger partial charge on any atom is -0.485 e. The average Bonchev–Trinajstić information content (AvgIpc) is 2.80. The maximum atomic E-state index is 14.8. The fraction of sp³-hybridized carbons (Fsp3) is 0.793. The largest absolute Gasteiger partial charge is 0.485 e. The molecule has 0 radical (unpaired) electrons. The molecule has 0 unspecified atom stereocenters. The third-order valence-corrected chi connectivity index (χ3v) is 8.30. The van der Waals surface area contributed by atoms with Crippen molar-refractivity contribution in [2.24, 2.45) is 17.8 Å². The molecule has 1 aromatic rings. The number of halogens is 2. The standard InChI is InChI=1S/C29H46F2O/c1-4-6-7-8-10-21(3)32-29-27(30)19-26(20-28(29)31)25-17-15-24(16-18-25)23-13-11-22(9-5-2)12-14-23/h19-25H,4-18H2,1-3H3/t21-,22?,23?,24?,25?/m0/s1. The first-order valence-electron chi connectivity index (χ1n) is 13.7. The normalized spacial score (nSPS) is 27.3. The van der Waals surface area contributed by atoms with Gasteiger partial charge in [0.1, 0.15) is 0 Å². The van der Waals surface area contributed by atoms with Gasteiger partial charge in [-0.25, -0.2) is 8.78 Å². The number of unbranched alkanes of at least 4 members (excludes halogenated alkanes) is 3. The molecule has 0 saturated heterocycles. The fourth-order valence-electron chi connectivity index (χ4n) is 6.33. The summed E-state index contributed by atoms with van der Waals surface area (Å²) in [6.45, 7) is 6.39. The summed E-state index contributed by atoms with van der Waals surface area (Å²) in [7, 11) is 0. The lowest BCUT2D eigenvalue weighted by Gasteiger charge is -2.38. The zero-order valence-corrected chi connectivity index (χ0v) is 20.8. The van der Waals surface area contributed by atoms with Crippen molar-refractivity contribution in [2.45, 2.75) is 129 Å². The van der Waals surface area contributed by atoms with Crippen LogP contribution >= 0.6 is 0 Å². The summed E-state index contributed by atoms with van der Waals surface area (Å²) in [4.78, 5) is 0. The quantitative estimate of drug-likeness (QED) is 0.306. The molecule has 1 nitrogen and oxygen atoms in total. The van der Waals surface area contributed by atoms with Crippen molar-refractivity contribution >= 4 is 0 Å². The van der Waals surface area contributed by atoms with Crippen LogP contribution in [0.4, 0.5) is 8.78 Å². The topological polar surface area (TPSA) is 9.23 Å². The summed E-state index contributed by atoms with van der Waals surface area (Å²) in [5.41, 5.74) is 0.827. The number of benzene rings is 1. The highest BCUT2D eigenvalue weighted by Crippen LogP contribution is 2.45. The molecule has 3 rings (SSSR count). The number of hydrogen-bond acceptors (Lipinski definition) is 1. The summed E-state index contributed by atoms with van der Waals surface area (Å²) in [6.07, 6.45) is 18.1. The highest BCUT2D eigenvalue weighted by molar-refractivity contribution is 5.33. The van der Waals surface area contributed by atoms with Gasteiger partial charge in [-0.15, -0.1) is 0 Å². The van der Waals surface area contributed by atoms with Crippen molar-refractivity contribution < 1.29 is 13.5 Å². The lowest BCUT2D eigenvalue weighted by molar-refractivity contribution is 0.156. The van der Waals surface area contributed by atoms with E-state index in [1.54, 1.807) is 12.1 Å². The maximum absolute atomic E-state index is 14.8. The Kier molecular flexibility index (Phi) is 10.3. The Bertz CT molecular complexity index is 649. The van der Waals surface area contributed by atoms with E-state index in [0.29, 0.717) is 0 Å². The second-order valence-corrected chi connectivity index (χ2v) is 10.8. The van der Waals surface area contributed by atoms with Crippen LogP contribution in [0.1, 0.15) is 129 Å².